The Morgan fingerprint density at radius 2 is 1.42 bits per heavy atom. The van der Waals surface area contributed by atoms with Gasteiger partial charge in [-0.15, -0.1) is 12.8 Å². The molecular formula is C36H52N2. The maximum atomic E-state index is 4.56. The minimum atomic E-state index is 0.168. The molecule has 0 radical (unpaired) electrons. The lowest BCUT2D eigenvalue weighted by molar-refractivity contribution is 0.192. The van der Waals surface area contributed by atoms with Crippen molar-refractivity contribution >= 4 is 5.57 Å². The van der Waals surface area contributed by atoms with Gasteiger partial charge in [-0.2, -0.15) is 0 Å². The Hall–Kier alpha value is -3.02. The van der Waals surface area contributed by atoms with Crippen molar-refractivity contribution in [2.45, 2.75) is 79.7 Å². The largest absolute Gasteiger partial charge is 0.359 e. The van der Waals surface area contributed by atoms with Gasteiger partial charge in [0, 0.05) is 18.8 Å². The van der Waals surface area contributed by atoms with Gasteiger partial charge in [-0.05, 0) is 72.2 Å². The number of piperidine rings is 1. The molecule has 2 aromatic carbocycles. The molecular weight excluding hydrogens is 460 g/mol. The number of nitrogens with zero attached hydrogens (tertiary/aromatic N) is 2. The molecule has 1 fully saturated rings. The van der Waals surface area contributed by atoms with Gasteiger partial charge in [-0.3, -0.25) is 0 Å². The highest BCUT2D eigenvalue weighted by molar-refractivity contribution is 5.82. The van der Waals surface area contributed by atoms with E-state index in [-0.39, 0.29) is 6.04 Å². The molecule has 38 heavy (non-hydrogen) atoms. The molecule has 2 aliphatic rings. The normalized spacial score (nSPS) is 17.1. The van der Waals surface area contributed by atoms with Crippen molar-refractivity contribution in [2.24, 2.45) is 0 Å². The zero-order valence-electron chi connectivity index (χ0n) is 25.3. The van der Waals surface area contributed by atoms with Crippen LogP contribution < -0.4 is 0 Å². The van der Waals surface area contributed by atoms with Crippen molar-refractivity contribution in [1.82, 2.24) is 9.80 Å². The first-order valence-corrected chi connectivity index (χ1v) is 14.5. The smallest absolute Gasteiger partial charge is 0.0805 e. The molecule has 0 aromatic heterocycles. The summed E-state index contributed by atoms with van der Waals surface area (Å²) < 4.78 is 0. The highest BCUT2D eigenvalue weighted by Crippen LogP contribution is 2.47. The van der Waals surface area contributed by atoms with Gasteiger partial charge >= 0.3 is 0 Å². The molecule has 0 N–H and O–H groups in total. The van der Waals surface area contributed by atoms with Gasteiger partial charge < -0.3 is 9.80 Å². The summed E-state index contributed by atoms with van der Waals surface area (Å²) in [6, 6.07) is 20.0. The summed E-state index contributed by atoms with van der Waals surface area (Å²) in [5, 5.41) is 0. The highest BCUT2D eigenvalue weighted by Gasteiger charge is 2.36. The Bertz CT molecular complexity index is 1020. The molecule has 2 heteroatoms. The standard InChI is InChI=1S/C30H38N2.2C2H6.C2H2/c1-22(2)26-14-16-28(17-15-26)30-29(24(4)27-12-8-6-9-13-27)23(3)25(5)32(30)21-20-31-18-10-7-11-19-31;3*1-2/h6,8-9,12-17,22,30H,4-5,7,10-11,18-21H2,1-3H3;2*1-2H3;1-2H. The first-order chi connectivity index (χ1) is 18.5. The molecule has 1 unspecified atom stereocenters. The van der Waals surface area contributed by atoms with E-state index in [1.807, 2.05) is 27.7 Å². The summed E-state index contributed by atoms with van der Waals surface area (Å²) in [4.78, 5) is 5.15. The second-order valence-electron chi connectivity index (χ2n) is 9.65. The van der Waals surface area contributed by atoms with E-state index in [4.69, 9.17) is 0 Å². The van der Waals surface area contributed by atoms with E-state index in [0.717, 1.165) is 24.4 Å². The zero-order valence-corrected chi connectivity index (χ0v) is 25.3. The predicted molar refractivity (Wildman–Crippen MR) is 170 cm³/mol. The van der Waals surface area contributed by atoms with Gasteiger partial charge in [0.2, 0.25) is 0 Å². The second kappa shape index (κ2) is 17.5. The molecule has 0 saturated carbocycles. The van der Waals surface area contributed by atoms with Crippen LogP contribution >= 0.6 is 0 Å². The third-order valence-electron chi connectivity index (χ3n) is 7.24. The summed E-state index contributed by atoms with van der Waals surface area (Å²) >= 11 is 0. The van der Waals surface area contributed by atoms with Crippen LogP contribution in [0.2, 0.25) is 0 Å². The molecule has 1 saturated heterocycles. The third-order valence-corrected chi connectivity index (χ3v) is 7.24. The maximum absolute atomic E-state index is 4.56. The zero-order chi connectivity index (χ0) is 28.7. The number of rotatable bonds is 7. The lowest BCUT2D eigenvalue weighted by atomic mass is 9.88. The number of benzene rings is 2. The van der Waals surface area contributed by atoms with Gasteiger partial charge in [0.05, 0.1) is 6.04 Å². The van der Waals surface area contributed by atoms with Crippen LogP contribution in [0.1, 0.15) is 96.4 Å². The fourth-order valence-electron chi connectivity index (χ4n) is 5.18. The summed E-state index contributed by atoms with van der Waals surface area (Å²) in [5.41, 5.74) is 8.76. The van der Waals surface area contributed by atoms with Crippen molar-refractivity contribution in [3.63, 3.8) is 0 Å². The molecule has 0 aliphatic carbocycles. The quantitative estimate of drug-likeness (QED) is 0.341. The molecule has 2 aromatic rings. The average molecular weight is 513 g/mol. The van der Waals surface area contributed by atoms with E-state index < -0.39 is 0 Å². The van der Waals surface area contributed by atoms with Crippen LogP contribution in [0.4, 0.5) is 0 Å². The van der Waals surface area contributed by atoms with Crippen molar-refractivity contribution in [3.8, 4) is 12.8 Å². The molecule has 1 atom stereocenters. The summed E-state index contributed by atoms with van der Waals surface area (Å²) in [5.74, 6) is 0.536. The van der Waals surface area contributed by atoms with Crippen molar-refractivity contribution in [1.29, 1.82) is 0 Å². The third kappa shape index (κ3) is 8.24. The van der Waals surface area contributed by atoms with Crippen LogP contribution in [0, 0.1) is 12.8 Å². The number of hydrogen-bond acceptors (Lipinski definition) is 2. The molecule has 0 amide bonds. The number of likely N-dealkylation sites (tertiary alicyclic amines) is 1. The van der Waals surface area contributed by atoms with Gasteiger partial charge in [0.25, 0.3) is 0 Å². The van der Waals surface area contributed by atoms with E-state index in [9.17, 15) is 0 Å². The van der Waals surface area contributed by atoms with Gasteiger partial charge in [-0.1, -0.05) is 116 Å². The molecule has 2 nitrogen and oxygen atoms in total. The molecule has 2 heterocycles. The average Bonchev–Trinajstić information content (AvgIpc) is 3.24. The fraction of sp³-hybridized carbons (Fsp3) is 0.444. The van der Waals surface area contributed by atoms with Crippen molar-refractivity contribution < 1.29 is 0 Å². The van der Waals surface area contributed by atoms with Crippen LogP contribution in [-0.4, -0.2) is 36.0 Å². The van der Waals surface area contributed by atoms with Crippen molar-refractivity contribution in [2.75, 3.05) is 26.2 Å². The Morgan fingerprint density at radius 3 is 1.95 bits per heavy atom. The molecule has 0 bridgehead atoms. The SMILES string of the molecule is C#C.C=C(C1=C(C)C(=C)N(CCN2CCCCC2)C1c1ccc(C(C)C)cc1)c1ccccc1.CC.CC. The second-order valence-corrected chi connectivity index (χ2v) is 9.65. The topological polar surface area (TPSA) is 6.48 Å². The van der Waals surface area contributed by atoms with Crippen molar-refractivity contribution in [3.05, 3.63) is 101 Å². The summed E-state index contributed by atoms with van der Waals surface area (Å²) in [6.45, 7) is 28.4. The number of terminal acetylenes is 1. The number of hydrogen-bond donors (Lipinski definition) is 0. The lowest BCUT2D eigenvalue weighted by Gasteiger charge is -2.34. The van der Waals surface area contributed by atoms with Crippen LogP contribution in [0.3, 0.4) is 0 Å². The van der Waals surface area contributed by atoms with Crippen LogP contribution in [0.25, 0.3) is 5.57 Å². The first kappa shape index (κ1) is 33.0. The van der Waals surface area contributed by atoms with Crippen LogP contribution in [0.5, 0.6) is 0 Å². The van der Waals surface area contributed by atoms with E-state index in [1.54, 1.807) is 0 Å². The van der Waals surface area contributed by atoms with Gasteiger partial charge in [-0.25, -0.2) is 0 Å². The summed E-state index contributed by atoms with van der Waals surface area (Å²) in [6.07, 6.45) is 12.0. The highest BCUT2D eigenvalue weighted by atomic mass is 15.2. The van der Waals surface area contributed by atoms with E-state index in [1.165, 1.54) is 60.2 Å². The first-order valence-electron chi connectivity index (χ1n) is 14.5. The van der Waals surface area contributed by atoms with Crippen LogP contribution in [-0.2, 0) is 0 Å². The number of allylic oxidation sites excluding steroid dienone is 1. The van der Waals surface area contributed by atoms with Crippen LogP contribution in [0.15, 0.2) is 84.6 Å². The Balaban J connectivity index is 0.00000112. The molecule has 4 rings (SSSR count). The van der Waals surface area contributed by atoms with E-state index in [2.05, 4.69) is 111 Å². The monoisotopic (exact) mass is 512 g/mol. The Labute approximate surface area is 235 Å². The minimum absolute atomic E-state index is 0.168. The predicted octanol–water partition coefficient (Wildman–Crippen LogP) is 9.50. The van der Waals surface area contributed by atoms with E-state index in [0.29, 0.717) is 5.92 Å². The maximum Gasteiger partial charge on any atom is 0.0805 e. The summed E-state index contributed by atoms with van der Waals surface area (Å²) in [7, 11) is 0. The Morgan fingerprint density at radius 1 is 0.868 bits per heavy atom. The minimum Gasteiger partial charge on any atom is -0.359 e. The van der Waals surface area contributed by atoms with Gasteiger partial charge in [0.15, 0.2) is 0 Å². The molecule has 0 spiro atoms. The van der Waals surface area contributed by atoms with E-state index >= 15 is 0 Å². The van der Waals surface area contributed by atoms with Gasteiger partial charge in [0.1, 0.15) is 0 Å². The molecule has 2 aliphatic heterocycles. The Kier molecular flexibility index (Phi) is 15.2. The lowest BCUT2D eigenvalue weighted by Crippen LogP contribution is -2.37. The molecule has 206 valence electrons. The fourth-order valence-corrected chi connectivity index (χ4v) is 5.18.